The van der Waals surface area contributed by atoms with Crippen molar-refractivity contribution in [2.24, 2.45) is 0 Å². The maximum absolute atomic E-state index is 13.3. The van der Waals surface area contributed by atoms with Crippen LogP contribution in [-0.2, 0) is 22.7 Å². The normalized spacial score (nSPS) is 14.7. The van der Waals surface area contributed by atoms with Crippen LogP contribution < -0.4 is 9.46 Å². The Bertz CT molecular complexity index is 1680. The number of methoxy groups -OCH3 is 1. The standard InChI is InChI=1S/C28H26F3N5O4S/c1-40-24-16-20(7-8-23(24)34-41(38,39)25-6-2-4-19-5-3-10-33-26(19)25)27(37)36-14-12-35(13-15-36)18-21-17-32-11-9-22(21)28(29,30)31/h2-11,16-17,34H,12-15,18H2,1H3. The Balaban J connectivity index is 1.27. The number of nitrogens with zero attached hydrogens (tertiary/aromatic N) is 4. The van der Waals surface area contributed by atoms with E-state index in [0.29, 0.717) is 37.1 Å². The predicted molar refractivity (Wildman–Crippen MR) is 146 cm³/mol. The van der Waals surface area contributed by atoms with Crippen molar-refractivity contribution in [2.45, 2.75) is 17.6 Å². The van der Waals surface area contributed by atoms with E-state index in [1.807, 2.05) is 4.90 Å². The molecule has 3 heterocycles. The highest BCUT2D eigenvalue weighted by Crippen LogP contribution is 2.33. The predicted octanol–water partition coefficient (Wildman–Crippen LogP) is 4.42. The lowest BCUT2D eigenvalue weighted by atomic mass is 10.1. The summed E-state index contributed by atoms with van der Waals surface area (Å²) in [7, 11) is -2.67. The summed E-state index contributed by atoms with van der Waals surface area (Å²) in [5.74, 6) is -0.143. The summed E-state index contributed by atoms with van der Waals surface area (Å²) in [5.41, 5.74) is 0.133. The van der Waals surface area contributed by atoms with Crippen molar-refractivity contribution in [3.05, 3.63) is 89.9 Å². The monoisotopic (exact) mass is 585 g/mol. The summed E-state index contributed by atoms with van der Waals surface area (Å²) < 4.78 is 74.4. The van der Waals surface area contributed by atoms with Crippen molar-refractivity contribution in [1.82, 2.24) is 19.8 Å². The van der Waals surface area contributed by atoms with Crippen molar-refractivity contribution in [2.75, 3.05) is 38.0 Å². The lowest BCUT2D eigenvalue weighted by Crippen LogP contribution is -2.48. The fourth-order valence-corrected chi connectivity index (χ4v) is 6.01. The molecule has 0 atom stereocenters. The van der Waals surface area contributed by atoms with E-state index >= 15 is 0 Å². The van der Waals surface area contributed by atoms with Crippen LogP contribution in [0.15, 0.2) is 78.1 Å². The highest BCUT2D eigenvalue weighted by atomic mass is 32.2. The minimum Gasteiger partial charge on any atom is -0.495 e. The largest absolute Gasteiger partial charge is 0.495 e. The Morgan fingerprint density at radius 2 is 1.78 bits per heavy atom. The first kappa shape index (κ1) is 28.3. The minimum absolute atomic E-state index is 0.00400. The van der Waals surface area contributed by atoms with Crippen LogP contribution in [0, 0.1) is 0 Å². The number of halogens is 3. The van der Waals surface area contributed by atoms with Gasteiger partial charge in [-0.25, -0.2) is 8.42 Å². The first-order valence-electron chi connectivity index (χ1n) is 12.6. The van der Waals surface area contributed by atoms with Crippen LogP contribution in [0.5, 0.6) is 5.75 Å². The van der Waals surface area contributed by atoms with Crippen LogP contribution >= 0.6 is 0 Å². The molecule has 5 rings (SSSR count). The summed E-state index contributed by atoms with van der Waals surface area (Å²) in [6.45, 7) is 1.45. The molecule has 2 aromatic carbocycles. The van der Waals surface area contributed by atoms with E-state index in [9.17, 15) is 26.4 Å². The third kappa shape index (κ3) is 6.10. The number of ether oxygens (including phenoxy) is 1. The molecule has 4 aromatic rings. The Morgan fingerprint density at radius 1 is 1.02 bits per heavy atom. The lowest BCUT2D eigenvalue weighted by molar-refractivity contribution is -0.138. The number of alkyl halides is 3. The van der Waals surface area contributed by atoms with Gasteiger partial charge < -0.3 is 9.64 Å². The van der Waals surface area contributed by atoms with Crippen molar-refractivity contribution >= 4 is 32.5 Å². The fourth-order valence-electron chi connectivity index (χ4n) is 4.76. The van der Waals surface area contributed by atoms with E-state index in [1.165, 1.54) is 43.8 Å². The van der Waals surface area contributed by atoms with Gasteiger partial charge >= 0.3 is 6.18 Å². The first-order valence-corrected chi connectivity index (χ1v) is 14.1. The molecule has 1 amide bonds. The highest BCUT2D eigenvalue weighted by molar-refractivity contribution is 7.93. The van der Waals surface area contributed by atoms with Crippen LogP contribution in [0.3, 0.4) is 0 Å². The van der Waals surface area contributed by atoms with E-state index in [0.717, 1.165) is 12.3 Å². The molecular weight excluding hydrogens is 559 g/mol. The van der Waals surface area contributed by atoms with Crippen LogP contribution in [-0.4, -0.2) is 67.4 Å². The second-order valence-electron chi connectivity index (χ2n) is 9.45. The Morgan fingerprint density at radius 3 is 2.51 bits per heavy atom. The fraction of sp³-hybridized carbons (Fsp3) is 0.250. The zero-order valence-corrected chi connectivity index (χ0v) is 22.7. The van der Waals surface area contributed by atoms with Crippen molar-refractivity contribution in [1.29, 1.82) is 0 Å². The quantitative estimate of drug-likeness (QED) is 0.343. The number of piperazine rings is 1. The number of amides is 1. The van der Waals surface area contributed by atoms with Crippen LogP contribution in [0.4, 0.5) is 18.9 Å². The second kappa shape index (κ2) is 11.3. The number of anilines is 1. The zero-order valence-electron chi connectivity index (χ0n) is 21.9. The summed E-state index contributed by atoms with van der Waals surface area (Å²) >= 11 is 0. The molecule has 9 nitrogen and oxygen atoms in total. The molecule has 13 heteroatoms. The average Bonchev–Trinajstić information content (AvgIpc) is 2.96. The molecule has 1 aliphatic heterocycles. The number of rotatable bonds is 7. The number of aromatic nitrogens is 2. The number of hydrogen-bond acceptors (Lipinski definition) is 7. The van der Waals surface area contributed by atoms with E-state index in [1.54, 1.807) is 29.2 Å². The van der Waals surface area contributed by atoms with Gasteiger partial charge in [-0.1, -0.05) is 18.2 Å². The summed E-state index contributed by atoms with van der Waals surface area (Å²) in [4.78, 5) is 24.7. The topological polar surface area (TPSA) is 105 Å². The van der Waals surface area contributed by atoms with E-state index < -0.39 is 21.8 Å². The second-order valence-corrected chi connectivity index (χ2v) is 11.1. The van der Waals surface area contributed by atoms with Crippen LogP contribution in [0.25, 0.3) is 10.9 Å². The Kier molecular flexibility index (Phi) is 7.82. The van der Waals surface area contributed by atoms with E-state index in [4.69, 9.17) is 4.74 Å². The summed E-state index contributed by atoms with van der Waals surface area (Å²) in [5, 5.41) is 0.671. The van der Waals surface area contributed by atoms with Gasteiger partial charge in [0.1, 0.15) is 10.6 Å². The molecule has 41 heavy (non-hydrogen) atoms. The smallest absolute Gasteiger partial charge is 0.416 e. The van der Waals surface area contributed by atoms with Gasteiger partial charge in [-0.3, -0.25) is 24.4 Å². The van der Waals surface area contributed by atoms with Gasteiger partial charge in [0, 0.05) is 62.3 Å². The van der Waals surface area contributed by atoms with Crippen molar-refractivity contribution < 1.29 is 31.1 Å². The first-order chi connectivity index (χ1) is 19.6. The minimum atomic E-state index is -4.47. The van der Waals surface area contributed by atoms with Crippen LogP contribution in [0.1, 0.15) is 21.5 Å². The number of nitrogens with one attached hydrogen (secondary N) is 1. The number of para-hydroxylation sites is 1. The Labute approximate surface area is 234 Å². The molecule has 1 saturated heterocycles. The molecule has 1 fully saturated rings. The number of sulfonamides is 1. The van der Waals surface area contributed by atoms with E-state index in [2.05, 4.69) is 14.7 Å². The van der Waals surface area contributed by atoms with Gasteiger partial charge in [-0.05, 0) is 42.0 Å². The third-order valence-corrected chi connectivity index (χ3v) is 8.24. The number of fused-ring (bicyclic) bond motifs is 1. The van der Waals surface area contributed by atoms with Crippen molar-refractivity contribution in [3.63, 3.8) is 0 Å². The summed E-state index contributed by atoms with van der Waals surface area (Å²) in [6.07, 6.45) is -0.616. The number of pyridine rings is 2. The number of benzene rings is 2. The maximum atomic E-state index is 13.3. The Hall–Kier alpha value is -4.23. The molecule has 0 bridgehead atoms. The molecular formula is C28H26F3N5O4S. The molecule has 1 N–H and O–H groups in total. The van der Waals surface area contributed by atoms with Gasteiger partial charge in [-0.15, -0.1) is 0 Å². The van der Waals surface area contributed by atoms with Gasteiger partial charge in [0.05, 0.1) is 23.9 Å². The maximum Gasteiger partial charge on any atom is 0.416 e. The average molecular weight is 586 g/mol. The van der Waals surface area contributed by atoms with Gasteiger partial charge in [0.15, 0.2) is 0 Å². The third-order valence-electron chi connectivity index (χ3n) is 6.84. The lowest BCUT2D eigenvalue weighted by Gasteiger charge is -2.35. The molecule has 214 valence electrons. The zero-order chi connectivity index (χ0) is 29.2. The molecule has 1 aliphatic rings. The number of hydrogen-bond donors (Lipinski definition) is 1. The molecule has 2 aromatic heterocycles. The molecule has 0 spiro atoms. The van der Waals surface area contributed by atoms with Gasteiger partial charge in [0.2, 0.25) is 0 Å². The molecule has 0 aliphatic carbocycles. The summed E-state index contributed by atoms with van der Waals surface area (Å²) in [6, 6.07) is 13.7. The van der Waals surface area contributed by atoms with Crippen LogP contribution in [0.2, 0.25) is 0 Å². The van der Waals surface area contributed by atoms with Crippen molar-refractivity contribution in [3.8, 4) is 5.75 Å². The highest BCUT2D eigenvalue weighted by Gasteiger charge is 2.34. The SMILES string of the molecule is COc1cc(C(=O)N2CCN(Cc3cnccc3C(F)(F)F)CC2)ccc1NS(=O)(=O)c1cccc2cccnc12. The number of carbonyl (C=O) groups is 1. The molecule has 0 saturated carbocycles. The molecule has 0 unspecified atom stereocenters. The van der Waals surface area contributed by atoms with E-state index in [-0.39, 0.29) is 39.9 Å². The van der Waals surface area contributed by atoms with Gasteiger partial charge in [0.25, 0.3) is 15.9 Å². The van der Waals surface area contributed by atoms with Gasteiger partial charge in [-0.2, -0.15) is 13.2 Å². The molecule has 0 radical (unpaired) electrons. The number of carbonyl (C=O) groups excluding carboxylic acids is 1.